The summed E-state index contributed by atoms with van der Waals surface area (Å²) in [5, 5.41) is 10.1. The van der Waals surface area contributed by atoms with Crippen LogP contribution in [0.3, 0.4) is 0 Å². The van der Waals surface area contributed by atoms with Crippen LogP contribution >= 0.6 is 0 Å². The third kappa shape index (κ3) is 3.46. The van der Waals surface area contributed by atoms with E-state index >= 15 is 0 Å². The first kappa shape index (κ1) is 16.1. The maximum absolute atomic E-state index is 12.5. The highest BCUT2D eigenvalue weighted by Gasteiger charge is 2.22. The lowest BCUT2D eigenvalue weighted by Crippen LogP contribution is -2.40. The fraction of sp³-hybridized carbons (Fsp3) is 0.556. The molecule has 124 valence electrons. The van der Waals surface area contributed by atoms with E-state index in [1.54, 1.807) is 11.6 Å². The Bertz CT molecular complexity index is 720. The Morgan fingerprint density at radius 1 is 1.26 bits per heavy atom. The molecule has 2 aromatic rings. The van der Waals surface area contributed by atoms with Gasteiger partial charge in [0.2, 0.25) is 0 Å². The topological polar surface area (TPSA) is 58.4 Å². The Hall–Kier alpha value is -1.72. The third-order valence-corrected chi connectivity index (χ3v) is 4.90. The normalized spacial score (nSPS) is 16.3. The van der Waals surface area contributed by atoms with E-state index in [2.05, 4.69) is 4.90 Å². The fourth-order valence-electron chi connectivity index (χ4n) is 3.55. The van der Waals surface area contributed by atoms with Crippen molar-refractivity contribution in [3.05, 3.63) is 40.4 Å². The zero-order valence-corrected chi connectivity index (χ0v) is 13.7. The average Bonchev–Trinajstić information content (AvgIpc) is 2.60. The summed E-state index contributed by atoms with van der Waals surface area (Å²) in [5.41, 5.74) is 0.747. The molecule has 0 aliphatic heterocycles. The van der Waals surface area contributed by atoms with E-state index in [1.807, 2.05) is 24.3 Å². The molecule has 0 spiro atoms. The van der Waals surface area contributed by atoms with E-state index in [0.717, 1.165) is 11.3 Å². The van der Waals surface area contributed by atoms with Crippen molar-refractivity contribution in [1.29, 1.82) is 0 Å². The van der Waals surface area contributed by atoms with Gasteiger partial charge < -0.3 is 5.11 Å². The molecule has 0 bridgehead atoms. The number of aliphatic hydroxyl groups excluding tert-OH is 1. The van der Waals surface area contributed by atoms with Crippen molar-refractivity contribution >= 4 is 10.9 Å². The molecule has 0 radical (unpaired) electrons. The van der Waals surface area contributed by atoms with Crippen LogP contribution in [0.25, 0.3) is 10.9 Å². The number of para-hydroxylation sites is 1. The van der Waals surface area contributed by atoms with Crippen molar-refractivity contribution in [3.8, 4) is 0 Å². The molecule has 1 aliphatic carbocycles. The maximum atomic E-state index is 12.5. The number of nitrogens with zero attached hydrogens (tertiary/aromatic N) is 3. The molecule has 1 fully saturated rings. The number of hydrogen-bond acceptors (Lipinski definition) is 4. The number of hydrogen-bond donors (Lipinski definition) is 1. The number of aliphatic hydroxyl groups is 1. The summed E-state index contributed by atoms with van der Waals surface area (Å²) in [6.07, 6.45) is 6.13. The second kappa shape index (κ2) is 7.23. The Balaban J connectivity index is 1.91. The molecule has 1 aromatic carbocycles. The standard InChI is InChI=1S/C18H25N3O2/c1-20-17(19-16-10-6-5-9-15(16)18(20)23)13-21(11-12-22)14-7-3-2-4-8-14/h5-6,9-10,14,22H,2-4,7-8,11-13H2,1H3. The summed E-state index contributed by atoms with van der Waals surface area (Å²) in [7, 11) is 1.79. The molecule has 3 rings (SSSR count). The van der Waals surface area contributed by atoms with Gasteiger partial charge in [0, 0.05) is 19.6 Å². The SMILES string of the molecule is Cn1c(CN(CCO)C2CCCCC2)nc2ccccc2c1=O. The highest BCUT2D eigenvalue weighted by molar-refractivity contribution is 5.77. The molecular formula is C18H25N3O2. The minimum atomic E-state index is -0.00167. The van der Waals surface area contributed by atoms with Gasteiger partial charge >= 0.3 is 0 Å². The van der Waals surface area contributed by atoms with Crippen LogP contribution in [-0.4, -0.2) is 38.8 Å². The smallest absolute Gasteiger partial charge is 0.261 e. The zero-order chi connectivity index (χ0) is 16.2. The zero-order valence-electron chi connectivity index (χ0n) is 13.7. The van der Waals surface area contributed by atoms with Gasteiger partial charge in [-0.15, -0.1) is 0 Å². The minimum absolute atomic E-state index is 0.00167. The molecule has 0 unspecified atom stereocenters. The summed E-state index contributed by atoms with van der Waals surface area (Å²) in [4.78, 5) is 19.5. The van der Waals surface area contributed by atoms with Crippen LogP contribution < -0.4 is 5.56 Å². The molecule has 5 heteroatoms. The first-order valence-electron chi connectivity index (χ1n) is 8.50. The maximum Gasteiger partial charge on any atom is 0.261 e. The Kier molecular flexibility index (Phi) is 5.08. The van der Waals surface area contributed by atoms with Crippen molar-refractivity contribution in [2.24, 2.45) is 7.05 Å². The second-order valence-electron chi connectivity index (χ2n) is 6.40. The van der Waals surface area contributed by atoms with E-state index < -0.39 is 0 Å². The summed E-state index contributed by atoms with van der Waals surface area (Å²) < 4.78 is 1.65. The summed E-state index contributed by atoms with van der Waals surface area (Å²) >= 11 is 0. The molecule has 5 nitrogen and oxygen atoms in total. The summed E-state index contributed by atoms with van der Waals surface area (Å²) in [6, 6.07) is 7.97. The Morgan fingerprint density at radius 3 is 2.74 bits per heavy atom. The molecule has 0 atom stereocenters. The second-order valence-corrected chi connectivity index (χ2v) is 6.40. The predicted octanol–water partition coefficient (Wildman–Crippen LogP) is 2.06. The first-order valence-corrected chi connectivity index (χ1v) is 8.50. The van der Waals surface area contributed by atoms with Gasteiger partial charge in [-0.1, -0.05) is 31.4 Å². The van der Waals surface area contributed by atoms with E-state index in [9.17, 15) is 9.90 Å². The molecular weight excluding hydrogens is 290 g/mol. The van der Waals surface area contributed by atoms with Crippen molar-refractivity contribution in [3.63, 3.8) is 0 Å². The van der Waals surface area contributed by atoms with Crippen molar-refractivity contribution < 1.29 is 5.11 Å². The Morgan fingerprint density at radius 2 is 2.00 bits per heavy atom. The van der Waals surface area contributed by atoms with Crippen LogP contribution in [0.2, 0.25) is 0 Å². The van der Waals surface area contributed by atoms with Crippen LogP contribution in [0.5, 0.6) is 0 Å². The number of benzene rings is 1. The van der Waals surface area contributed by atoms with Gasteiger partial charge in [0.15, 0.2) is 0 Å². The van der Waals surface area contributed by atoms with E-state index in [4.69, 9.17) is 4.98 Å². The molecule has 0 saturated heterocycles. The van der Waals surface area contributed by atoms with Crippen LogP contribution in [0.4, 0.5) is 0 Å². The van der Waals surface area contributed by atoms with E-state index in [0.29, 0.717) is 24.5 Å². The average molecular weight is 315 g/mol. The molecule has 1 aliphatic rings. The van der Waals surface area contributed by atoms with Gasteiger partial charge in [-0.25, -0.2) is 4.98 Å². The molecule has 1 heterocycles. The van der Waals surface area contributed by atoms with Gasteiger partial charge in [0.1, 0.15) is 5.82 Å². The number of fused-ring (bicyclic) bond motifs is 1. The van der Waals surface area contributed by atoms with Gasteiger partial charge in [0.05, 0.1) is 24.1 Å². The first-order chi connectivity index (χ1) is 11.2. The van der Waals surface area contributed by atoms with Crippen molar-refractivity contribution in [2.75, 3.05) is 13.2 Å². The summed E-state index contributed by atoms with van der Waals surface area (Å²) in [6.45, 7) is 1.38. The van der Waals surface area contributed by atoms with Gasteiger partial charge in [-0.2, -0.15) is 0 Å². The quantitative estimate of drug-likeness (QED) is 0.917. The molecule has 1 saturated carbocycles. The molecule has 1 N–H and O–H groups in total. The lowest BCUT2D eigenvalue weighted by molar-refractivity contribution is 0.113. The molecule has 0 amide bonds. The lowest BCUT2D eigenvalue weighted by atomic mass is 9.94. The number of aromatic nitrogens is 2. The van der Waals surface area contributed by atoms with E-state index in [-0.39, 0.29) is 12.2 Å². The largest absolute Gasteiger partial charge is 0.395 e. The minimum Gasteiger partial charge on any atom is -0.395 e. The molecule has 1 aromatic heterocycles. The van der Waals surface area contributed by atoms with Crippen molar-refractivity contribution in [2.45, 2.75) is 44.7 Å². The van der Waals surface area contributed by atoms with Crippen LogP contribution in [0.1, 0.15) is 37.9 Å². The fourth-order valence-corrected chi connectivity index (χ4v) is 3.55. The highest BCUT2D eigenvalue weighted by atomic mass is 16.3. The number of rotatable bonds is 5. The Labute approximate surface area is 136 Å². The van der Waals surface area contributed by atoms with Crippen LogP contribution in [-0.2, 0) is 13.6 Å². The summed E-state index contributed by atoms with van der Waals surface area (Å²) in [5.74, 6) is 0.771. The third-order valence-electron chi connectivity index (χ3n) is 4.90. The van der Waals surface area contributed by atoms with Crippen LogP contribution in [0.15, 0.2) is 29.1 Å². The van der Waals surface area contributed by atoms with Crippen LogP contribution in [0, 0.1) is 0 Å². The predicted molar refractivity (Wildman–Crippen MR) is 91.4 cm³/mol. The van der Waals surface area contributed by atoms with Crippen molar-refractivity contribution in [1.82, 2.24) is 14.5 Å². The van der Waals surface area contributed by atoms with E-state index in [1.165, 1.54) is 32.1 Å². The van der Waals surface area contributed by atoms with Gasteiger partial charge in [-0.05, 0) is 25.0 Å². The molecule has 23 heavy (non-hydrogen) atoms. The monoisotopic (exact) mass is 315 g/mol. The lowest BCUT2D eigenvalue weighted by Gasteiger charge is -2.33. The highest BCUT2D eigenvalue weighted by Crippen LogP contribution is 2.23. The van der Waals surface area contributed by atoms with Gasteiger partial charge in [0.25, 0.3) is 5.56 Å². The van der Waals surface area contributed by atoms with Gasteiger partial charge in [-0.3, -0.25) is 14.3 Å².